The average molecular weight is 331 g/mol. The lowest BCUT2D eigenvalue weighted by atomic mass is 10.2. The number of esters is 2. The van der Waals surface area contributed by atoms with Crippen molar-refractivity contribution < 1.29 is 23.5 Å². The fourth-order valence-corrected chi connectivity index (χ4v) is 1.80. The fraction of sp³-hybridized carbons (Fsp3) is 0.385. The molecule has 0 amide bonds. The first-order valence-electron chi connectivity index (χ1n) is 5.82. The average Bonchev–Trinajstić information content (AvgIpc) is 2.83. The van der Waals surface area contributed by atoms with Crippen molar-refractivity contribution in [2.75, 3.05) is 13.2 Å². The number of halogens is 1. The van der Waals surface area contributed by atoms with Gasteiger partial charge in [-0.05, 0) is 19.9 Å². The molecule has 19 heavy (non-hydrogen) atoms. The summed E-state index contributed by atoms with van der Waals surface area (Å²) < 4.78 is 14.9. The zero-order valence-electron chi connectivity index (χ0n) is 10.8. The van der Waals surface area contributed by atoms with Crippen molar-refractivity contribution in [2.24, 2.45) is 0 Å². The van der Waals surface area contributed by atoms with Crippen LogP contribution in [0.15, 0.2) is 22.3 Å². The van der Waals surface area contributed by atoms with Crippen LogP contribution in [0.1, 0.15) is 25.2 Å². The Hall–Kier alpha value is -1.56. The minimum Gasteiger partial charge on any atom is -0.465 e. The van der Waals surface area contributed by atoms with Gasteiger partial charge in [0.25, 0.3) is 0 Å². The largest absolute Gasteiger partial charge is 0.465 e. The maximum atomic E-state index is 11.7. The zero-order chi connectivity index (χ0) is 14.3. The summed E-state index contributed by atoms with van der Waals surface area (Å²) in [5, 5.41) is 0.550. The summed E-state index contributed by atoms with van der Waals surface area (Å²) in [6.45, 7) is 3.69. The number of furan rings is 1. The molecule has 0 radical (unpaired) electrons. The Labute approximate surface area is 119 Å². The quantitative estimate of drug-likeness (QED) is 0.264. The van der Waals surface area contributed by atoms with Crippen molar-refractivity contribution in [3.05, 3.63) is 29.2 Å². The van der Waals surface area contributed by atoms with E-state index in [4.69, 9.17) is 13.9 Å². The van der Waals surface area contributed by atoms with Gasteiger partial charge in [0.05, 0.1) is 19.5 Å². The van der Waals surface area contributed by atoms with Crippen molar-refractivity contribution in [1.29, 1.82) is 0 Å². The van der Waals surface area contributed by atoms with Gasteiger partial charge in [0, 0.05) is 17.0 Å². The van der Waals surface area contributed by atoms with Crippen LogP contribution in [0.25, 0.3) is 6.08 Å². The molecule has 0 fully saturated rings. The molecule has 0 bridgehead atoms. The van der Waals surface area contributed by atoms with Gasteiger partial charge >= 0.3 is 11.9 Å². The van der Waals surface area contributed by atoms with Crippen LogP contribution in [0, 0.1) is 0 Å². The van der Waals surface area contributed by atoms with E-state index in [1.54, 1.807) is 19.9 Å². The molecule has 0 spiro atoms. The Morgan fingerprint density at radius 3 is 2.32 bits per heavy atom. The third-order valence-electron chi connectivity index (χ3n) is 2.19. The lowest BCUT2D eigenvalue weighted by Crippen LogP contribution is -2.18. The molecule has 0 N–H and O–H groups in total. The Morgan fingerprint density at radius 1 is 1.26 bits per heavy atom. The van der Waals surface area contributed by atoms with Crippen LogP contribution in [0.4, 0.5) is 0 Å². The van der Waals surface area contributed by atoms with Gasteiger partial charge in [0.2, 0.25) is 0 Å². The maximum Gasteiger partial charge on any atom is 0.345 e. The van der Waals surface area contributed by atoms with Crippen molar-refractivity contribution in [2.45, 2.75) is 19.2 Å². The van der Waals surface area contributed by atoms with E-state index >= 15 is 0 Å². The van der Waals surface area contributed by atoms with E-state index in [0.717, 1.165) is 5.56 Å². The van der Waals surface area contributed by atoms with E-state index in [9.17, 15) is 9.59 Å². The molecule has 1 rings (SSSR count). The minimum atomic E-state index is -0.724. The molecule has 0 unspecified atom stereocenters. The Kier molecular flexibility index (Phi) is 6.35. The van der Waals surface area contributed by atoms with Gasteiger partial charge in [-0.15, -0.1) is 0 Å². The van der Waals surface area contributed by atoms with Crippen LogP contribution in [-0.2, 0) is 24.4 Å². The Bertz CT molecular complexity index is 455. The van der Waals surface area contributed by atoms with Gasteiger partial charge in [0.15, 0.2) is 0 Å². The van der Waals surface area contributed by atoms with Gasteiger partial charge in [0.1, 0.15) is 11.3 Å². The Balaban J connectivity index is 3.08. The number of carbonyl (C=O) groups is 2. The molecular formula is C13H15BrO5. The molecular weight excluding hydrogens is 316 g/mol. The van der Waals surface area contributed by atoms with Gasteiger partial charge < -0.3 is 13.9 Å². The number of ether oxygens (including phenoxy) is 2. The molecule has 0 aliphatic rings. The highest BCUT2D eigenvalue weighted by atomic mass is 79.9. The first-order valence-corrected chi connectivity index (χ1v) is 6.94. The van der Waals surface area contributed by atoms with Crippen LogP contribution >= 0.6 is 15.9 Å². The molecule has 0 aliphatic carbocycles. The number of alkyl halides is 1. The second-order valence-electron chi connectivity index (χ2n) is 3.44. The molecule has 0 aromatic carbocycles. The van der Waals surface area contributed by atoms with Gasteiger partial charge in [-0.2, -0.15) is 0 Å². The SMILES string of the molecule is CCOC(=O)C(=Cc1occc1CBr)C(=O)OCC. The highest BCUT2D eigenvalue weighted by Crippen LogP contribution is 2.18. The molecule has 6 heteroatoms. The Morgan fingerprint density at radius 2 is 1.84 bits per heavy atom. The molecule has 1 heterocycles. The number of carbonyl (C=O) groups excluding carboxylic acids is 2. The van der Waals surface area contributed by atoms with E-state index in [1.165, 1.54) is 12.3 Å². The van der Waals surface area contributed by atoms with Gasteiger partial charge in [-0.25, -0.2) is 9.59 Å². The van der Waals surface area contributed by atoms with E-state index in [1.807, 2.05) is 0 Å². The summed E-state index contributed by atoms with van der Waals surface area (Å²) in [6, 6.07) is 1.74. The summed E-state index contributed by atoms with van der Waals surface area (Å²) in [5.41, 5.74) is 0.645. The van der Waals surface area contributed by atoms with Crippen molar-refractivity contribution in [1.82, 2.24) is 0 Å². The van der Waals surface area contributed by atoms with Crippen molar-refractivity contribution in [3.63, 3.8) is 0 Å². The normalized spacial score (nSPS) is 9.84. The second kappa shape index (κ2) is 7.78. The topological polar surface area (TPSA) is 65.7 Å². The number of hydrogen-bond acceptors (Lipinski definition) is 5. The molecule has 5 nitrogen and oxygen atoms in total. The molecule has 1 aromatic rings. The fourth-order valence-electron chi connectivity index (χ4n) is 1.33. The molecule has 0 saturated heterocycles. The predicted octanol–water partition coefficient (Wildman–Crippen LogP) is 2.68. The zero-order valence-corrected chi connectivity index (χ0v) is 12.4. The highest BCUT2D eigenvalue weighted by Gasteiger charge is 2.22. The third-order valence-corrected chi connectivity index (χ3v) is 2.79. The maximum absolute atomic E-state index is 11.7. The van der Waals surface area contributed by atoms with E-state index in [0.29, 0.717) is 11.1 Å². The highest BCUT2D eigenvalue weighted by molar-refractivity contribution is 9.08. The summed E-state index contributed by atoms with van der Waals surface area (Å²) in [5.74, 6) is -1.02. The van der Waals surface area contributed by atoms with E-state index in [2.05, 4.69) is 15.9 Å². The predicted molar refractivity (Wildman–Crippen MR) is 72.6 cm³/mol. The van der Waals surface area contributed by atoms with Crippen LogP contribution in [0.3, 0.4) is 0 Å². The molecule has 0 atom stereocenters. The second-order valence-corrected chi connectivity index (χ2v) is 4.00. The van der Waals surface area contributed by atoms with Crippen LogP contribution in [0.2, 0.25) is 0 Å². The summed E-state index contributed by atoms with van der Waals surface area (Å²) in [6.07, 6.45) is 2.82. The number of hydrogen-bond donors (Lipinski definition) is 0. The van der Waals surface area contributed by atoms with Crippen LogP contribution in [0.5, 0.6) is 0 Å². The minimum absolute atomic E-state index is 0.180. The lowest BCUT2D eigenvalue weighted by Gasteiger charge is -2.06. The lowest BCUT2D eigenvalue weighted by molar-refractivity contribution is -0.146. The van der Waals surface area contributed by atoms with Crippen LogP contribution < -0.4 is 0 Å². The van der Waals surface area contributed by atoms with Crippen molar-refractivity contribution >= 4 is 33.9 Å². The molecule has 1 aromatic heterocycles. The monoisotopic (exact) mass is 330 g/mol. The summed E-state index contributed by atoms with van der Waals surface area (Å²) in [4.78, 5) is 23.5. The first kappa shape index (κ1) is 15.5. The number of rotatable bonds is 6. The smallest absolute Gasteiger partial charge is 0.345 e. The standard InChI is InChI=1S/C13H15BrO5/c1-3-17-12(15)10(13(16)18-4-2)7-11-9(8-14)5-6-19-11/h5-7H,3-4,8H2,1-2H3. The van der Waals surface area contributed by atoms with E-state index in [-0.39, 0.29) is 18.8 Å². The molecule has 0 saturated carbocycles. The van der Waals surface area contributed by atoms with Crippen molar-refractivity contribution in [3.8, 4) is 0 Å². The molecule has 0 aliphatic heterocycles. The van der Waals surface area contributed by atoms with E-state index < -0.39 is 11.9 Å². The summed E-state index contributed by atoms with van der Waals surface area (Å²) in [7, 11) is 0. The summed E-state index contributed by atoms with van der Waals surface area (Å²) >= 11 is 3.29. The van der Waals surface area contributed by atoms with Gasteiger partial charge in [-0.3, -0.25) is 0 Å². The van der Waals surface area contributed by atoms with Gasteiger partial charge in [-0.1, -0.05) is 15.9 Å². The van der Waals surface area contributed by atoms with Crippen LogP contribution in [-0.4, -0.2) is 25.2 Å². The molecule has 104 valence electrons. The first-order chi connectivity index (χ1) is 9.13. The third kappa shape index (κ3) is 4.24.